The zero-order valence-corrected chi connectivity index (χ0v) is 9.22. The predicted molar refractivity (Wildman–Crippen MR) is 55.0 cm³/mol. The average Bonchev–Trinajstić information content (AvgIpc) is 2.67. The maximum atomic E-state index is 5.45. The summed E-state index contributed by atoms with van der Waals surface area (Å²) >= 11 is 3.37. The Labute approximate surface area is 86.9 Å². The lowest BCUT2D eigenvalue weighted by molar-refractivity contribution is 0.363. The number of oxazole rings is 1. The minimum absolute atomic E-state index is 0.585. The van der Waals surface area contributed by atoms with Gasteiger partial charge < -0.3 is 4.42 Å². The summed E-state index contributed by atoms with van der Waals surface area (Å²) in [6.45, 7) is 0. The van der Waals surface area contributed by atoms with E-state index in [0.29, 0.717) is 5.92 Å². The Kier molecular flexibility index (Phi) is 3.04. The predicted octanol–water partition coefficient (Wildman–Crippen LogP) is 3.62. The van der Waals surface area contributed by atoms with E-state index in [0.717, 1.165) is 16.9 Å². The molecule has 2 rings (SSSR count). The summed E-state index contributed by atoms with van der Waals surface area (Å²) in [4.78, 5) is 4.44. The molecular weight excluding hydrogens is 230 g/mol. The fourth-order valence-electron chi connectivity index (χ4n) is 1.92. The molecule has 2 nitrogen and oxygen atoms in total. The average molecular weight is 244 g/mol. The second-order valence-electron chi connectivity index (χ2n) is 3.65. The largest absolute Gasteiger partial charge is 0.448 e. The van der Waals surface area contributed by atoms with E-state index in [2.05, 4.69) is 20.9 Å². The Balaban J connectivity index is 2.05. The number of rotatable bonds is 2. The lowest BCUT2D eigenvalue weighted by atomic mass is 9.89. The molecule has 3 heteroatoms. The van der Waals surface area contributed by atoms with Gasteiger partial charge in [-0.15, -0.1) is 0 Å². The molecule has 0 unspecified atom stereocenters. The van der Waals surface area contributed by atoms with Crippen molar-refractivity contribution in [2.45, 2.75) is 43.4 Å². The molecule has 1 aromatic rings. The van der Waals surface area contributed by atoms with E-state index in [1.165, 1.54) is 32.1 Å². The minimum Gasteiger partial charge on any atom is -0.448 e. The molecule has 72 valence electrons. The highest BCUT2D eigenvalue weighted by molar-refractivity contribution is 9.08. The lowest BCUT2D eigenvalue weighted by Crippen LogP contribution is -2.04. The molecule has 1 heterocycles. The highest BCUT2D eigenvalue weighted by atomic mass is 79.9. The first kappa shape index (κ1) is 9.25. The Morgan fingerprint density at radius 1 is 1.38 bits per heavy atom. The third kappa shape index (κ3) is 2.13. The van der Waals surface area contributed by atoms with Gasteiger partial charge in [0, 0.05) is 11.2 Å². The monoisotopic (exact) mass is 243 g/mol. The molecule has 0 saturated heterocycles. The summed E-state index contributed by atoms with van der Waals surface area (Å²) in [5.74, 6) is 1.54. The number of halogens is 1. The molecule has 1 aliphatic rings. The van der Waals surface area contributed by atoms with Crippen molar-refractivity contribution in [1.29, 1.82) is 0 Å². The van der Waals surface area contributed by atoms with Crippen molar-refractivity contribution in [1.82, 2.24) is 4.98 Å². The molecule has 13 heavy (non-hydrogen) atoms. The molecule has 0 bridgehead atoms. The first-order valence-electron chi connectivity index (χ1n) is 4.90. The van der Waals surface area contributed by atoms with E-state index >= 15 is 0 Å². The van der Waals surface area contributed by atoms with Crippen LogP contribution in [0.3, 0.4) is 0 Å². The van der Waals surface area contributed by atoms with Crippen LogP contribution >= 0.6 is 15.9 Å². The van der Waals surface area contributed by atoms with Gasteiger partial charge in [0.1, 0.15) is 6.26 Å². The van der Waals surface area contributed by atoms with Gasteiger partial charge in [0.25, 0.3) is 0 Å². The Hall–Kier alpha value is -0.310. The highest BCUT2D eigenvalue weighted by Crippen LogP contribution is 2.32. The van der Waals surface area contributed by atoms with Gasteiger partial charge in [0.05, 0.1) is 5.69 Å². The molecule has 1 aromatic heterocycles. The maximum Gasteiger partial charge on any atom is 0.197 e. The SMILES string of the molecule is BrCc1coc(C2CCCCC2)n1. The summed E-state index contributed by atoms with van der Waals surface area (Å²) in [6.07, 6.45) is 8.30. The zero-order chi connectivity index (χ0) is 9.10. The maximum absolute atomic E-state index is 5.45. The molecule has 0 aromatic carbocycles. The highest BCUT2D eigenvalue weighted by Gasteiger charge is 2.19. The van der Waals surface area contributed by atoms with Gasteiger partial charge in [-0.3, -0.25) is 0 Å². The van der Waals surface area contributed by atoms with Crippen molar-refractivity contribution in [3.05, 3.63) is 17.8 Å². The van der Waals surface area contributed by atoms with Crippen molar-refractivity contribution in [2.24, 2.45) is 0 Å². The van der Waals surface area contributed by atoms with Gasteiger partial charge in [-0.05, 0) is 12.8 Å². The van der Waals surface area contributed by atoms with Crippen LogP contribution in [-0.2, 0) is 5.33 Å². The topological polar surface area (TPSA) is 26.0 Å². The normalized spacial score (nSPS) is 19.2. The number of nitrogens with zero attached hydrogens (tertiary/aromatic N) is 1. The van der Waals surface area contributed by atoms with Crippen LogP contribution in [0.25, 0.3) is 0 Å². The molecule has 1 aliphatic carbocycles. The van der Waals surface area contributed by atoms with Gasteiger partial charge >= 0.3 is 0 Å². The van der Waals surface area contributed by atoms with Crippen LogP contribution in [0.2, 0.25) is 0 Å². The number of hydrogen-bond donors (Lipinski definition) is 0. The van der Waals surface area contributed by atoms with Crippen LogP contribution in [0, 0.1) is 0 Å². The van der Waals surface area contributed by atoms with Crippen LogP contribution in [0.4, 0.5) is 0 Å². The van der Waals surface area contributed by atoms with Gasteiger partial charge in [0.2, 0.25) is 0 Å². The third-order valence-corrected chi connectivity index (χ3v) is 3.24. The first-order valence-corrected chi connectivity index (χ1v) is 6.02. The molecule has 1 fully saturated rings. The molecule has 0 amide bonds. The van der Waals surface area contributed by atoms with E-state index in [-0.39, 0.29) is 0 Å². The third-order valence-electron chi connectivity index (χ3n) is 2.66. The molecule has 1 saturated carbocycles. The Bertz CT molecular complexity index is 266. The van der Waals surface area contributed by atoms with Crippen LogP contribution < -0.4 is 0 Å². The van der Waals surface area contributed by atoms with Crippen LogP contribution in [-0.4, -0.2) is 4.98 Å². The van der Waals surface area contributed by atoms with Gasteiger partial charge in [-0.1, -0.05) is 35.2 Å². The summed E-state index contributed by atoms with van der Waals surface area (Å²) in [7, 11) is 0. The van der Waals surface area contributed by atoms with Gasteiger partial charge in [0.15, 0.2) is 5.89 Å². The molecule has 0 radical (unpaired) electrons. The van der Waals surface area contributed by atoms with Gasteiger partial charge in [-0.25, -0.2) is 4.98 Å². The van der Waals surface area contributed by atoms with Crippen molar-refractivity contribution in [2.75, 3.05) is 0 Å². The fourth-order valence-corrected chi connectivity index (χ4v) is 2.18. The molecule has 0 atom stereocenters. The Morgan fingerprint density at radius 3 is 2.77 bits per heavy atom. The summed E-state index contributed by atoms with van der Waals surface area (Å²) < 4.78 is 5.45. The minimum atomic E-state index is 0.585. The second kappa shape index (κ2) is 4.27. The van der Waals surface area contributed by atoms with Crippen molar-refractivity contribution in [3.63, 3.8) is 0 Å². The second-order valence-corrected chi connectivity index (χ2v) is 4.21. The van der Waals surface area contributed by atoms with E-state index in [1.807, 2.05) is 0 Å². The van der Waals surface area contributed by atoms with Crippen molar-refractivity contribution < 1.29 is 4.42 Å². The Morgan fingerprint density at radius 2 is 2.15 bits per heavy atom. The number of aromatic nitrogens is 1. The standard InChI is InChI=1S/C10H14BrNO/c11-6-9-7-13-10(12-9)8-4-2-1-3-5-8/h7-8H,1-6H2. The van der Waals surface area contributed by atoms with Crippen molar-refractivity contribution >= 4 is 15.9 Å². The van der Waals surface area contributed by atoms with E-state index in [4.69, 9.17) is 4.42 Å². The van der Waals surface area contributed by atoms with Gasteiger partial charge in [-0.2, -0.15) is 0 Å². The van der Waals surface area contributed by atoms with Crippen molar-refractivity contribution in [3.8, 4) is 0 Å². The fraction of sp³-hybridized carbons (Fsp3) is 0.700. The molecular formula is C10H14BrNO. The van der Waals surface area contributed by atoms with Crippen LogP contribution in [0.5, 0.6) is 0 Å². The molecule has 0 N–H and O–H groups in total. The summed E-state index contributed by atoms with van der Waals surface area (Å²) in [5, 5.41) is 0.795. The summed E-state index contributed by atoms with van der Waals surface area (Å²) in [6, 6.07) is 0. The smallest absolute Gasteiger partial charge is 0.197 e. The zero-order valence-electron chi connectivity index (χ0n) is 7.63. The van der Waals surface area contributed by atoms with E-state index < -0.39 is 0 Å². The molecule has 0 aliphatic heterocycles. The summed E-state index contributed by atoms with van der Waals surface area (Å²) in [5.41, 5.74) is 1.01. The van der Waals surface area contributed by atoms with Crippen LogP contribution in [0.15, 0.2) is 10.7 Å². The lowest BCUT2D eigenvalue weighted by Gasteiger charge is -2.17. The quantitative estimate of drug-likeness (QED) is 0.742. The van der Waals surface area contributed by atoms with E-state index in [1.54, 1.807) is 6.26 Å². The van der Waals surface area contributed by atoms with E-state index in [9.17, 15) is 0 Å². The molecule has 0 spiro atoms. The number of alkyl halides is 1. The number of hydrogen-bond acceptors (Lipinski definition) is 2. The first-order chi connectivity index (χ1) is 6.40. The van der Waals surface area contributed by atoms with Crippen LogP contribution in [0.1, 0.15) is 49.6 Å².